The first-order valence-electron chi connectivity index (χ1n) is 6.47. The Morgan fingerprint density at radius 1 is 1.45 bits per heavy atom. The number of rotatable bonds is 5. The van der Waals surface area contributed by atoms with Crippen molar-refractivity contribution in [3.05, 3.63) is 29.7 Å². The summed E-state index contributed by atoms with van der Waals surface area (Å²) in [7, 11) is 1.90. The standard InChI is InChI=1S/C12H19N7O/c1-4-13-12(14-7-10-5-6-16-19(10)3)15-8-11-17-9(2)18-20-11/h5-6H,4,7-8H2,1-3H3,(H2,13,14,15). The van der Waals surface area contributed by atoms with Gasteiger partial charge in [-0.2, -0.15) is 10.1 Å². The van der Waals surface area contributed by atoms with Crippen molar-refractivity contribution in [3.8, 4) is 0 Å². The molecule has 0 spiro atoms. The highest BCUT2D eigenvalue weighted by atomic mass is 16.5. The first kappa shape index (κ1) is 14.0. The summed E-state index contributed by atoms with van der Waals surface area (Å²) in [4.78, 5) is 8.61. The molecule has 2 heterocycles. The van der Waals surface area contributed by atoms with Gasteiger partial charge in [-0.25, -0.2) is 4.99 Å². The van der Waals surface area contributed by atoms with E-state index in [1.807, 2.05) is 20.0 Å². The van der Waals surface area contributed by atoms with Crippen molar-refractivity contribution in [2.75, 3.05) is 6.54 Å². The maximum absolute atomic E-state index is 5.04. The fourth-order valence-electron chi connectivity index (χ4n) is 1.63. The first-order valence-corrected chi connectivity index (χ1v) is 6.47. The van der Waals surface area contributed by atoms with E-state index in [-0.39, 0.29) is 0 Å². The van der Waals surface area contributed by atoms with Gasteiger partial charge in [0.2, 0.25) is 5.89 Å². The van der Waals surface area contributed by atoms with Gasteiger partial charge < -0.3 is 15.2 Å². The molecule has 8 heteroatoms. The summed E-state index contributed by atoms with van der Waals surface area (Å²) in [5.74, 6) is 1.86. The molecule has 0 radical (unpaired) electrons. The number of aryl methyl sites for hydroxylation is 2. The largest absolute Gasteiger partial charge is 0.357 e. The zero-order valence-corrected chi connectivity index (χ0v) is 11.9. The molecule has 0 atom stereocenters. The van der Waals surface area contributed by atoms with E-state index in [9.17, 15) is 0 Å². The number of nitrogens with one attached hydrogen (secondary N) is 2. The molecule has 0 bridgehead atoms. The SMILES string of the molecule is CCNC(=NCc1ccnn1C)NCc1nc(C)no1. The van der Waals surface area contributed by atoms with Crippen LogP contribution < -0.4 is 10.6 Å². The minimum Gasteiger partial charge on any atom is -0.357 e. The smallest absolute Gasteiger partial charge is 0.246 e. The van der Waals surface area contributed by atoms with Crippen LogP contribution in [0.2, 0.25) is 0 Å². The van der Waals surface area contributed by atoms with Gasteiger partial charge in [0, 0.05) is 19.8 Å². The van der Waals surface area contributed by atoms with Gasteiger partial charge in [-0.1, -0.05) is 5.16 Å². The normalized spacial score (nSPS) is 11.7. The van der Waals surface area contributed by atoms with Gasteiger partial charge >= 0.3 is 0 Å². The Morgan fingerprint density at radius 3 is 2.90 bits per heavy atom. The minimum absolute atomic E-state index is 0.443. The van der Waals surface area contributed by atoms with Crippen molar-refractivity contribution in [1.29, 1.82) is 0 Å². The van der Waals surface area contributed by atoms with Crippen molar-refractivity contribution in [1.82, 2.24) is 30.6 Å². The van der Waals surface area contributed by atoms with Gasteiger partial charge in [0.25, 0.3) is 0 Å². The number of aliphatic imine (C=N–C) groups is 1. The third-order valence-corrected chi connectivity index (χ3v) is 2.64. The zero-order chi connectivity index (χ0) is 14.4. The van der Waals surface area contributed by atoms with Gasteiger partial charge in [0.1, 0.15) is 0 Å². The van der Waals surface area contributed by atoms with Crippen molar-refractivity contribution >= 4 is 5.96 Å². The molecule has 2 N–H and O–H groups in total. The highest BCUT2D eigenvalue weighted by Gasteiger charge is 2.04. The maximum atomic E-state index is 5.04. The van der Waals surface area contributed by atoms with E-state index >= 15 is 0 Å². The molecule has 2 rings (SSSR count). The molecule has 8 nitrogen and oxygen atoms in total. The highest BCUT2D eigenvalue weighted by molar-refractivity contribution is 5.79. The van der Waals surface area contributed by atoms with Crippen molar-refractivity contribution in [2.24, 2.45) is 12.0 Å². The van der Waals surface area contributed by atoms with Crippen LogP contribution in [0.5, 0.6) is 0 Å². The quantitative estimate of drug-likeness (QED) is 0.606. The van der Waals surface area contributed by atoms with Gasteiger partial charge in [0.15, 0.2) is 11.8 Å². The molecule has 108 valence electrons. The van der Waals surface area contributed by atoms with Crippen LogP contribution in [0, 0.1) is 6.92 Å². The summed E-state index contributed by atoms with van der Waals surface area (Å²) in [6.07, 6.45) is 1.76. The number of hydrogen-bond acceptors (Lipinski definition) is 5. The van der Waals surface area contributed by atoms with E-state index in [1.165, 1.54) is 0 Å². The highest BCUT2D eigenvalue weighted by Crippen LogP contribution is 1.99. The van der Waals surface area contributed by atoms with Gasteiger partial charge in [0.05, 0.1) is 18.8 Å². The van der Waals surface area contributed by atoms with Crippen molar-refractivity contribution in [2.45, 2.75) is 26.9 Å². The average molecular weight is 277 g/mol. The van der Waals surface area contributed by atoms with Gasteiger partial charge in [-0.05, 0) is 19.9 Å². The van der Waals surface area contributed by atoms with E-state index in [4.69, 9.17) is 4.52 Å². The molecule has 0 fully saturated rings. The Kier molecular flexibility index (Phi) is 4.70. The van der Waals surface area contributed by atoms with Gasteiger partial charge in [-0.15, -0.1) is 0 Å². The summed E-state index contributed by atoms with van der Waals surface area (Å²) in [6.45, 7) is 5.57. The van der Waals surface area contributed by atoms with Crippen molar-refractivity contribution < 1.29 is 4.52 Å². The lowest BCUT2D eigenvalue weighted by Gasteiger charge is -2.09. The zero-order valence-electron chi connectivity index (χ0n) is 11.9. The Labute approximate surface area is 117 Å². The summed E-state index contributed by atoms with van der Waals surface area (Å²) >= 11 is 0. The lowest BCUT2D eigenvalue weighted by molar-refractivity contribution is 0.371. The summed E-state index contributed by atoms with van der Waals surface area (Å²) in [5, 5.41) is 14.2. The molecule has 0 aromatic carbocycles. The second-order valence-electron chi connectivity index (χ2n) is 4.23. The average Bonchev–Trinajstić information content (AvgIpc) is 3.02. The summed E-state index contributed by atoms with van der Waals surface area (Å²) in [6, 6.07) is 1.94. The summed E-state index contributed by atoms with van der Waals surface area (Å²) < 4.78 is 6.84. The van der Waals surface area contributed by atoms with Crippen molar-refractivity contribution in [3.63, 3.8) is 0 Å². The third kappa shape index (κ3) is 3.81. The third-order valence-electron chi connectivity index (χ3n) is 2.64. The van der Waals surface area contributed by atoms with E-state index in [1.54, 1.807) is 17.8 Å². The number of nitrogens with zero attached hydrogens (tertiary/aromatic N) is 5. The molecule has 2 aromatic rings. The van der Waals surface area contributed by atoms with Crippen LogP contribution in [0.3, 0.4) is 0 Å². The van der Waals surface area contributed by atoms with Crippen LogP contribution in [0.25, 0.3) is 0 Å². The first-order chi connectivity index (χ1) is 9.69. The van der Waals surface area contributed by atoms with E-state index < -0.39 is 0 Å². The molecule has 0 aliphatic rings. The lowest BCUT2D eigenvalue weighted by Crippen LogP contribution is -2.36. The topological polar surface area (TPSA) is 93.2 Å². The molecular weight excluding hydrogens is 258 g/mol. The number of guanidine groups is 1. The van der Waals surface area contributed by atoms with E-state index in [0.29, 0.717) is 30.8 Å². The predicted molar refractivity (Wildman–Crippen MR) is 73.9 cm³/mol. The Balaban J connectivity index is 1.94. The molecule has 0 unspecified atom stereocenters. The Hall–Kier alpha value is -2.38. The number of aromatic nitrogens is 4. The van der Waals surface area contributed by atoms with E-state index in [2.05, 4.69) is 30.9 Å². The van der Waals surface area contributed by atoms with Crippen LogP contribution >= 0.6 is 0 Å². The fourth-order valence-corrected chi connectivity index (χ4v) is 1.63. The molecule has 0 saturated heterocycles. The monoisotopic (exact) mass is 277 g/mol. The second kappa shape index (κ2) is 6.69. The summed E-state index contributed by atoms with van der Waals surface area (Å²) in [5.41, 5.74) is 1.04. The molecule has 20 heavy (non-hydrogen) atoms. The molecule has 0 saturated carbocycles. The van der Waals surface area contributed by atoms with Crippen LogP contribution in [-0.2, 0) is 20.1 Å². The van der Waals surface area contributed by atoms with Crippen LogP contribution in [-0.4, -0.2) is 32.4 Å². The molecule has 0 aliphatic carbocycles. The molecule has 0 aliphatic heterocycles. The Bertz CT molecular complexity index is 572. The minimum atomic E-state index is 0.443. The fraction of sp³-hybridized carbons (Fsp3) is 0.500. The second-order valence-corrected chi connectivity index (χ2v) is 4.23. The molecule has 0 amide bonds. The van der Waals surface area contributed by atoms with Crippen LogP contribution in [0.1, 0.15) is 24.3 Å². The lowest BCUT2D eigenvalue weighted by atomic mass is 10.4. The Morgan fingerprint density at radius 2 is 2.30 bits per heavy atom. The maximum Gasteiger partial charge on any atom is 0.246 e. The van der Waals surface area contributed by atoms with Gasteiger partial charge in [-0.3, -0.25) is 4.68 Å². The van der Waals surface area contributed by atoms with Crippen LogP contribution in [0.15, 0.2) is 21.8 Å². The number of hydrogen-bond donors (Lipinski definition) is 2. The van der Waals surface area contributed by atoms with E-state index in [0.717, 1.165) is 12.2 Å². The predicted octanol–water partition coefficient (Wildman–Crippen LogP) is 0.367. The molecule has 2 aromatic heterocycles. The van der Waals surface area contributed by atoms with Crippen LogP contribution in [0.4, 0.5) is 0 Å². The molecular formula is C12H19N7O.